The van der Waals surface area contributed by atoms with Crippen LogP contribution in [0.15, 0.2) is 48.5 Å². The summed E-state index contributed by atoms with van der Waals surface area (Å²) < 4.78 is 0. The molecule has 0 aliphatic heterocycles. The molecule has 2 aromatic carbocycles. The minimum atomic E-state index is -0.580. The van der Waals surface area contributed by atoms with Gasteiger partial charge in [0, 0.05) is 17.0 Å². The Kier molecular flexibility index (Phi) is 3.47. The summed E-state index contributed by atoms with van der Waals surface area (Å²) in [6.07, 6.45) is -0.00879. The molecule has 0 radical (unpaired) electrons. The first kappa shape index (κ1) is 13.2. The maximum Gasteiger partial charge on any atom is 0.251 e. The van der Waals surface area contributed by atoms with Crippen LogP contribution in [-0.2, 0) is 6.42 Å². The van der Waals surface area contributed by atoms with E-state index in [1.54, 1.807) is 24.3 Å². The summed E-state index contributed by atoms with van der Waals surface area (Å²) in [6, 6.07) is 14.1. The predicted octanol–water partition coefficient (Wildman–Crippen LogP) is 2.73. The Labute approximate surface area is 122 Å². The second-order valence-corrected chi connectivity index (χ2v) is 5.36. The van der Waals surface area contributed by atoms with Crippen LogP contribution >= 0.6 is 11.6 Å². The van der Waals surface area contributed by atoms with Crippen LogP contribution in [0.1, 0.15) is 27.5 Å². The van der Waals surface area contributed by atoms with Crippen LogP contribution in [0.5, 0.6) is 0 Å². The third kappa shape index (κ3) is 2.42. The van der Waals surface area contributed by atoms with Gasteiger partial charge in [0.1, 0.15) is 0 Å². The van der Waals surface area contributed by atoms with Gasteiger partial charge in [0.2, 0.25) is 0 Å². The zero-order valence-corrected chi connectivity index (χ0v) is 11.5. The molecule has 1 aliphatic carbocycles. The Hall–Kier alpha value is -1.84. The van der Waals surface area contributed by atoms with Gasteiger partial charge in [-0.05, 0) is 35.4 Å². The number of rotatable bonds is 2. The molecule has 3 rings (SSSR count). The fraction of sp³-hybridized carbons (Fsp3) is 0.188. The van der Waals surface area contributed by atoms with Crippen LogP contribution in [0.2, 0.25) is 5.02 Å². The van der Waals surface area contributed by atoms with Crippen molar-refractivity contribution in [2.45, 2.75) is 18.6 Å². The number of carbonyl (C=O) groups is 1. The zero-order valence-electron chi connectivity index (χ0n) is 10.7. The number of carbonyl (C=O) groups excluding carboxylic acids is 1. The molecule has 2 atom stereocenters. The first-order valence-corrected chi connectivity index (χ1v) is 6.85. The highest BCUT2D eigenvalue weighted by Gasteiger charge is 2.31. The van der Waals surface area contributed by atoms with E-state index in [0.717, 1.165) is 11.1 Å². The highest BCUT2D eigenvalue weighted by molar-refractivity contribution is 6.30. The standard InChI is InChI=1S/C16H14ClNO2/c17-12-7-5-10(6-8-12)16(20)18-15-13-4-2-1-3-11(13)9-14(15)19/h1-8,14-15,19H,9H2,(H,18,20)/t14-,15+/m1/s1. The number of hydrogen-bond donors (Lipinski definition) is 2. The first-order valence-electron chi connectivity index (χ1n) is 6.47. The van der Waals surface area contributed by atoms with Gasteiger partial charge in [0.15, 0.2) is 0 Å². The molecular formula is C16H14ClNO2. The summed E-state index contributed by atoms with van der Waals surface area (Å²) in [4.78, 5) is 12.2. The van der Waals surface area contributed by atoms with E-state index in [1.165, 1.54) is 0 Å². The lowest BCUT2D eigenvalue weighted by molar-refractivity contribution is 0.0858. The first-order chi connectivity index (χ1) is 9.65. The zero-order chi connectivity index (χ0) is 14.1. The van der Waals surface area contributed by atoms with Gasteiger partial charge in [-0.25, -0.2) is 0 Å². The lowest BCUT2D eigenvalue weighted by atomic mass is 10.1. The Balaban J connectivity index is 1.81. The average molecular weight is 288 g/mol. The molecule has 4 heteroatoms. The molecule has 2 N–H and O–H groups in total. The summed E-state index contributed by atoms with van der Waals surface area (Å²) in [6.45, 7) is 0. The lowest BCUT2D eigenvalue weighted by Gasteiger charge is -2.18. The van der Waals surface area contributed by atoms with Gasteiger partial charge in [-0.3, -0.25) is 4.79 Å². The molecule has 3 nitrogen and oxygen atoms in total. The van der Waals surface area contributed by atoms with Gasteiger partial charge in [-0.2, -0.15) is 0 Å². The van der Waals surface area contributed by atoms with Crippen LogP contribution in [0.25, 0.3) is 0 Å². The van der Waals surface area contributed by atoms with Crippen LogP contribution in [0, 0.1) is 0 Å². The van der Waals surface area contributed by atoms with Gasteiger partial charge < -0.3 is 10.4 Å². The van der Waals surface area contributed by atoms with Crippen molar-refractivity contribution in [3.05, 3.63) is 70.2 Å². The lowest BCUT2D eigenvalue weighted by Crippen LogP contribution is -2.33. The third-order valence-corrected chi connectivity index (χ3v) is 3.85. The maximum absolute atomic E-state index is 12.2. The number of hydrogen-bond acceptors (Lipinski definition) is 2. The minimum Gasteiger partial charge on any atom is -0.390 e. The van der Waals surface area contributed by atoms with Crippen LogP contribution < -0.4 is 5.32 Å². The molecule has 102 valence electrons. The van der Waals surface area contributed by atoms with Crippen molar-refractivity contribution in [3.63, 3.8) is 0 Å². The molecule has 0 fully saturated rings. The van der Waals surface area contributed by atoms with Crippen molar-refractivity contribution < 1.29 is 9.90 Å². The smallest absolute Gasteiger partial charge is 0.251 e. The van der Waals surface area contributed by atoms with Crippen molar-refractivity contribution >= 4 is 17.5 Å². The van der Waals surface area contributed by atoms with Crippen molar-refractivity contribution in [2.75, 3.05) is 0 Å². The fourth-order valence-electron chi connectivity index (χ4n) is 2.57. The third-order valence-electron chi connectivity index (χ3n) is 3.60. The number of benzene rings is 2. The second kappa shape index (κ2) is 5.27. The molecule has 0 saturated heterocycles. The average Bonchev–Trinajstić information content (AvgIpc) is 2.76. The van der Waals surface area contributed by atoms with Crippen LogP contribution in [0.4, 0.5) is 0 Å². The highest BCUT2D eigenvalue weighted by atomic mass is 35.5. The van der Waals surface area contributed by atoms with E-state index >= 15 is 0 Å². The normalized spacial score (nSPS) is 20.5. The summed E-state index contributed by atoms with van der Waals surface area (Å²) in [7, 11) is 0. The van der Waals surface area contributed by atoms with Crippen molar-refractivity contribution in [1.29, 1.82) is 0 Å². The van der Waals surface area contributed by atoms with Crippen molar-refractivity contribution in [3.8, 4) is 0 Å². The molecule has 20 heavy (non-hydrogen) atoms. The molecule has 0 heterocycles. The predicted molar refractivity (Wildman–Crippen MR) is 77.8 cm³/mol. The molecular weight excluding hydrogens is 274 g/mol. The summed E-state index contributed by atoms with van der Waals surface area (Å²) in [5.74, 6) is -0.206. The van der Waals surface area contributed by atoms with Gasteiger partial charge in [-0.15, -0.1) is 0 Å². The van der Waals surface area contributed by atoms with E-state index in [9.17, 15) is 9.90 Å². The number of nitrogens with one attached hydrogen (secondary N) is 1. The topological polar surface area (TPSA) is 49.3 Å². The minimum absolute atomic E-state index is 0.206. The van der Waals surface area contributed by atoms with Crippen LogP contribution in [-0.4, -0.2) is 17.1 Å². The number of halogens is 1. The highest BCUT2D eigenvalue weighted by Crippen LogP contribution is 2.31. The molecule has 0 saturated carbocycles. The molecule has 0 unspecified atom stereocenters. The van der Waals surface area contributed by atoms with E-state index in [4.69, 9.17) is 11.6 Å². The van der Waals surface area contributed by atoms with Crippen molar-refractivity contribution in [2.24, 2.45) is 0 Å². The van der Waals surface area contributed by atoms with Gasteiger partial charge in [0.05, 0.1) is 12.1 Å². The number of aliphatic hydroxyl groups excluding tert-OH is 1. The van der Waals surface area contributed by atoms with E-state index < -0.39 is 6.10 Å². The van der Waals surface area contributed by atoms with Crippen molar-refractivity contribution in [1.82, 2.24) is 5.32 Å². The SMILES string of the molecule is O=C(N[C@H]1c2ccccc2C[C@H]1O)c1ccc(Cl)cc1. The maximum atomic E-state index is 12.2. The number of aliphatic hydroxyl groups is 1. The summed E-state index contributed by atoms with van der Waals surface area (Å²) in [5, 5.41) is 13.6. The molecule has 1 aliphatic rings. The number of amides is 1. The molecule has 0 aromatic heterocycles. The Morgan fingerprint density at radius 2 is 1.85 bits per heavy atom. The second-order valence-electron chi connectivity index (χ2n) is 4.93. The monoisotopic (exact) mass is 287 g/mol. The quantitative estimate of drug-likeness (QED) is 0.892. The Bertz CT molecular complexity index is 639. The van der Waals surface area contributed by atoms with Gasteiger partial charge >= 0.3 is 0 Å². The summed E-state index contributed by atoms with van der Waals surface area (Å²) in [5.41, 5.74) is 2.61. The molecule has 1 amide bonds. The van der Waals surface area contributed by atoms with Crippen LogP contribution in [0.3, 0.4) is 0 Å². The summed E-state index contributed by atoms with van der Waals surface area (Å²) >= 11 is 5.81. The largest absolute Gasteiger partial charge is 0.390 e. The Morgan fingerprint density at radius 1 is 1.15 bits per heavy atom. The molecule has 0 bridgehead atoms. The van der Waals surface area contributed by atoms with E-state index in [2.05, 4.69) is 5.32 Å². The van der Waals surface area contributed by atoms with E-state index in [1.807, 2.05) is 24.3 Å². The fourth-order valence-corrected chi connectivity index (χ4v) is 2.70. The number of fused-ring (bicyclic) bond motifs is 1. The van der Waals surface area contributed by atoms with E-state index in [0.29, 0.717) is 17.0 Å². The molecule has 2 aromatic rings. The molecule has 0 spiro atoms. The van der Waals surface area contributed by atoms with Gasteiger partial charge in [0.25, 0.3) is 5.91 Å². The van der Waals surface area contributed by atoms with E-state index in [-0.39, 0.29) is 11.9 Å². The Morgan fingerprint density at radius 3 is 2.60 bits per heavy atom. The van der Waals surface area contributed by atoms with Gasteiger partial charge in [-0.1, -0.05) is 35.9 Å².